The Balaban J connectivity index is 1.32. The lowest BCUT2D eigenvalue weighted by Crippen LogP contribution is -2.12. The van der Waals surface area contributed by atoms with Crippen LogP contribution in [0.4, 0.5) is 5.69 Å². The number of carbonyl (C=O) groups is 1. The van der Waals surface area contributed by atoms with Gasteiger partial charge in [-0.25, -0.2) is 4.68 Å². The smallest absolute Gasteiger partial charge is 0.224 e. The van der Waals surface area contributed by atoms with Crippen LogP contribution < -0.4 is 5.32 Å². The van der Waals surface area contributed by atoms with E-state index in [0.717, 1.165) is 28.2 Å². The van der Waals surface area contributed by atoms with Crippen molar-refractivity contribution >= 4 is 23.1 Å². The zero-order chi connectivity index (χ0) is 18.5. The van der Waals surface area contributed by atoms with Gasteiger partial charge in [-0.2, -0.15) is 5.10 Å². The normalized spacial score (nSPS) is 10.7. The summed E-state index contributed by atoms with van der Waals surface area (Å²) in [5, 5.41) is 13.2. The van der Waals surface area contributed by atoms with Crippen LogP contribution in [-0.2, 0) is 11.2 Å². The number of nitrogens with one attached hydrogen (secondary N) is 1. The summed E-state index contributed by atoms with van der Waals surface area (Å²) in [5.41, 5.74) is 4.62. The molecule has 0 spiro atoms. The van der Waals surface area contributed by atoms with Crippen LogP contribution in [0.2, 0.25) is 0 Å². The fourth-order valence-corrected chi connectivity index (χ4v) is 3.17. The molecule has 0 saturated heterocycles. The molecule has 4 rings (SSSR count). The van der Waals surface area contributed by atoms with Crippen LogP contribution in [0.5, 0.6) is 0 Å². The molecule has 0 bridgehead atoms. The molecule has 0 saturated carbocycles. The van der Waals surface area contributed by atoms with Gasteiger partial charge in [0.1, 0.15) is 5.69 Å². The molecule has 134 valence electrons. The van der Waals surface area contributed by atoms with Crippen LogP contribution in [-0.4, -0.2) is 25.3 Å². The minimum Gasteiger partial charge on any atom is -0.326 e. The van der Waals surface area contributed by atoms with Gasteiger partial charge in [-0.1, -0.05) is 34.8 Å². The van der Waals surface area contributed by atoms with Crippen LogP contribution in [0.1, 0.15) is 12.0 Å². The fraction of sp³-hybridized carbons (Fsp3) is 0.100. The minimum atomic E-state index is -0.0227. The van der Waals surface area contributed by atoms with Gasteiger partial charge in [0, 0.05) is 29.2 Å². The molecule has 0 aliphatic carbocycles. The van der Waals surface area contributed by atoms with Crippen molar-refractivity contribution in [2.24, 2.45) is 0 Å². The number of aromatic nitrogens is 4. The van der Waals surface area contributed by atoms with Gasteiger partial charge in [-0.15, -0.1) is 5.10 Å². The zero-order valence-electron chi connectivity index (χ0n) is 14.4. The molecule has 0 unspecified atom stereocenters. The number of benzene rings is 2. The first-order chi connectivity index (χ1) is 13.3. The second-order valence-electron chi connectivity index (χ2n) is 6.04. The van der Waals surface area contributed by atoms with Crippen LogP contribution in [0.15, 0.2) is 72.4 Å². The van der Waals surface area contributed by atoms with Gasteiger partial charge in [-0.05, 0) is 47.8 Å². The molecular formula is C20H17N5OS. The van der Waals surface area contributed by atoms with Gasteiger partial charge in [-0.3, -0.25) is 4.79 Å². The SMILES string of the molecule is O=C(CCc1cnn(-c2ccccc2)c1)Nc1ccc(-c2csnn2)cc1. The number of amides is 1. The lowest BCUT2D eigenvalue weighted by atomic mass is 10.1. The Morgan fingerprint density at radius 1 is 1.07 bits per heavy atom. The fourth-order valence-electron chi connectivity index (χ4n) is 2.71. The van der Waals surface area contributed by atoms with E-state index >= 15 is 0 Å². The largest absolute Gasteiger partial charge is 0.326 e. The van der Waals surface area contributed by atoms with Gasteiger partial charge in [0.2, 0.25) is 5.91 Å². The number of para-hydroxylation sites is 1. The first kappa shape index (κ1) is 17.1. The second kappa shape index (κ2) is 7.92. The first-order valence-corrected chi connectivity index (χ1v) is 9.38. The first-order valence-electron chi connectivity index (χ1n) is 8.54. The number of aryl methyl sites for hydroxylation is 1. The maximum Gasteiger partial charge on any atom is 0.224 e. The summed E-state index contributed by atoms with van der Waals surface area (Å²) in [7, 11) is 0. The third-order valence-corrected chi connectivity index (χ3v) is 4.63. The number of rotatable bonds is 6. The maximum atomic E-state index is 12.2. The van der Waals surface area contributed by atoms with E-state index in [2.05, 4.69) is 20.0 Å². The monoisotopic (exact) mass is 375 g/mol. The average Bonchev–Trinajstić information content (AvgIpc) is 3.40. The van der Waals surface area contributed by atoms with Crippen molar-refractivity contribution in [3.8, 4) is 16.9 Å². The molecule has 0 fully saturated rings. The summed E-state index contributed by atoms with van der Waals surface area (Å²) in [6.07, 6.45) is 4.80. The molecule has 2 aromatic heterocycles. The Kier molecular flexibility index (Phi) is 5.02. The summed E-state index contributed by atoms with van der Waals surface area (Å²) >= 11 is 1.32. The average molecular weight is 375 g/mol. The molecule has 0 aliphatic heterocycles. The van der Waals surface area contributed by atoms with Crippen LogP contribution >= 0.6 is 11.5 Å². The van der Waals surface area contributed by atoms with Gasteiger partial charge in [0.05, 0.1) is 11.9 Å². The van der Waals surface area contributed by atoms with Crippen LogP contribution in [0, 0.1) is 0 Å². The third kappa shape index (κ3) is 4.27. The number of anilines is 1. The van der Waals surface area contributed by atoms with Crippen molar-refractivity contribution in [3.63, 3.8) is 0 Å². The Morgan fingerprint density at radius 2 is 1.89 bits per heavy atom. The summed E-state index contributed by atoms with van der Waals surface area (Å²) < 4.78 is 5.68. The van der Waals surface area contributed by atoms with E-state index in [1.54, 1.807) is 6.20 Å². The Bertz CT molecular complexity index is 1010. The van der Waals surface area contributed by atoms with E-state index in [-0.39, 0.29) is 5.91 Å². The molecule has 4 aromatic rings. The molecule has 0 aliphatic rings. The van der Waals surface area contributed by atoms with Crippen molar-refractivity contribution in [2.45, 2.75) is 12.8 Å². The van der Waals surface area contributed by atoms with E-state index in [9.17, 15) is 4.79 Å². The Hall–Kier alpha value is -3.32. The lowest BCUT2D eigenvalue weighted by Gasteiger charge is -2.05. The highest BCUT2D eigenvalue weighted by atomic mass is 32.1. The molecule has 0 atom stereocenters. The summed E-state index contributed by atoms with van der Waals surface area (Å²) in [5.74, 6) is -0.0227. The standard InChI is InChI=1S/C20H17N5OS/c26-20(22-17-9-7-16(8-10-17)19-14-27-24-23-19)11-6-15-12-21-25(13-15)18-4-2-1-3-5-18/h1-5,7-10,12-14H,6,11H2,(H,22,26). The van der Waals surface area contributed by atoms with E-state index in [4.69, 9.17) is 0 Å². The quantitative estimate of drug-likeness (QED) is 0.554. The summed E-state index contributed by atoms with van der Waals surface area (Å²) in [6.45, 7) is 0. The van der Waals surface area contributed by atoms with Gasteiger partial charge in [0.25, 0.3) is 0 Å². The van der Waals surface area contributed by atoms with Crippen molar-refractivity contribution in [1.29, 1.82) is 0 Å². The summed E-state index contributed by atoms with van der Waals surface area (Å²) in [4.78, 5) is 12.2. The molecule has 1 amide bonds. The highest BCUT2D eigenvalue weighted by Crippen LogP contribution is 2.20. The molecule has 0 radical (unpaired) electrons. The molecule has 7 heteroatoms. The number of carbonyl (C=O) groups excluding carboxylic acids is 1. The second-order valence-corrected chi connectivity index (χ2v) is 6.65. The molecule has 2 heterocycles. The van der Waals surface area contributed by atoms with E-state index in [1.807, 2.05) is 70.9 Å². The minimum absolute atomic E-state index is 0.0227. The number of hydrogen-bond acceptors (Lipinski definition) is 5. The van der Waals surface area contributed by atoms with Crippen molar-refractivity contribution in [1.82, 2.24) is 19.4 Å². The van der Waals surface area contributed by atoms with Gasteiger partial charge < -0.3 is 5.32 Å². The third-order valence-electron chi connectivity index (χ3n) is 4.12. The van der Waals surface area contributed by atoms with Crippen LogP contribution in [0.25, 0.3) is 16.9 Å². The predicted octanol–water partition coefficient (Wildman–Crippen LogP) is 3.96. The molecule has 2 aromatic carbocycles. The molecule has 1 N–H and O–H groups in total. The van der Waals surface area contributed by atoms with E-state index in [1.165, 1.54) is 11.5 Å². The Labute approximate surface area is 160 Å². The van der Waals surface area contributed by atoms with Crippen molar-refractivity contribution in [2.75, 3.05) is 5.32 Å². The maximum absolute atomic E-state index is 12.2. The highest BCUT2D eigenvalue weighted by Gasteiger charge is 2.07. The zero-order valence-corrected chi connectivity index (χ0v) is 15.3. The molecule has 6 nitrogen and oxygen atoms in total. The summed E-state index contributed by atoms with van der Waals surface area (Å²) in [6, 6.07) is 17.5. The van der Waals surface area contributed by atoms with Crippen molar-refractivity contribution < 1.29 is 4.79 Å². The predicted molar refractivity (Wildman–Crippen MR) is 106 cm³/mol. The number of hydrogen-bond donors (Lipinski definition) is 1. The van der Waals surface area contributed by atoms with Gasteiger partial charge >= 0.3 is 0 Å². The van der Waals surface area contributed by atoms with Crippen LogP contribution in [0.3, 0.4) is 0 Å². The topological polar surface area (TPSA) is 72.7 Å². The van der Waals surface area contributed by atoms with Gasteiger partial charge in [0.15, 0.2) is 0 Å². The number of nitrogens with zero attached hydrogens (tertiary/aromatic N) is 4. The lowest BCUT2D eigenvalue weighted by molar-refractivity contribution is -0.116. The highest BCUT2D eigenvalue weighted by molar-refractivity contribution is 7.03. The van der Waals surface area contributed by atoms with E-state index < -0.39 is 0 Å². The Morgan fingerprint density at radius 3 is 2.63 bits per heavy atom. The molecular weight excluding hydrogens is 358 g/mol. The van der Waals surface area contributed by atoms with Crippen molar-refractivity contribution in [3.05, 3.63) is 77.9 Å². The molecule has 27 heavy (non-hydrogen) atoms. The van der Waals surface area contributed by atoms with E-state index in [0.29, 0.717) is 12.8 Å².